The van der Waals surface area contributed by atoms with Crippen LogP contribution < -0.4 is 15.8 Å². The third kappa shape index (κ3) is 4.85. The highest BCUT2D eigenvalue weighted by molar-refractivity contribution is 5.85. The second-order valence-electron chi connectivity index (χ2n) is 6.51. The number of rotatable bonds is 6. The fraction of sp³-hybridized carbons (Fsp3) is 0.611. The number of nitrogens with one attached hydrogen (secondary N) is 1. The topological polar surface area (TPSA) is 67.6 Å². The van der Waals surface area contributed by atoms with Gasteiger partial charge in [0.2, 0.25) is 5.91 Å². The minimum absolute atomic E-state index is 0. The van der Waals surface area contributed by atoms with Crippen LogP contribution in [0.25, 0.3) is 0 Å². The smallest absolute Gasteiger partial charge is 0.224 e. The largest absolute Gasteiger partial charge is 0.493 e. The minimum Gasteiger partial charge on any atom is -0.493 e. The summed E-state index contributed by atoms with van der Waals surface area (Å²) in [5.41, 5.74) is 8.15. The Hall–Kier alpha value is -1.30. The molecule has 134 valence electrons. The summed E-state index contributed by atoms with van der Waals surface area (Å²) >= 11 is 0. The van der Waals surface area contributed by atoms with Crippen molar-refractivity contribution in [1.29, 1.82) is 0 Å². The van der Waals surface area contributed by atoms with Crippen molar-refractivity contribution in [2.24, 2.45) is 11.7 Å². The average molecular weight is 354 g/mol. The van der Waals surface area contributed by atoms with Crippen molar-refractivity contribution >= 4 is 18.3 Å². The molecular formula is C18H28ClN3O2. The van der Waals surface area contributed by atoms with Crippen molar-refractivity contribution in [2.45, 2.75) is 25.7 Å². The normalized spacial score (nSPS) is 20.0. The molecule has 1 amide bonds. The van der Waals surface area contributed by atoms with Crippen molar-refractivity contribution in [3.63, 3.8) is 0 Å². The maximum absolute atomic E-state index is 12.1. The first kappa shape index (κ1) is 19.0. The third-order valence-electron chi connectivity index (χ3n) is 4.79. The van der Waals surface area contributed by atoms with Gasteiger partial charge in [-0.25, -0.2) is 0 Å². The second kappa shape index (κ2) is 9.25. The summed E-state index contributed by atoms with van der Waals surface area (Å²) in [7, 11) is 0. The summed E-state index contributed by atoms with van der Waals surface area (Å²) in [6.07, 6.45) is 4.14. The fourth-order valence-corrected chi connectivity index (χ4v) is 3.49. The van der Waals surface area contributed by atoms with Crippen LogP contribution in [-0.4, -0.2) is 50.1 Å². The van der Waals surface area contributed by atoms with Gasteiger partial charge < -0.3 is 20.7 Å². The van der Waals surface area contributed by atoms with Crippen LogP contribution in [0.2, 0.25) is 0 Å². The molecule has 1 aromatic rings. The van der Waals surface area contributed by atoms with Crippen molar-refractivity contribution in [3.8, 4) is 5.75 Å². The zero-order valence-corrected chi connectivity index (χ0v) is 14.9. The summed E-state index contributed by atoms with van der Waals surface area (Å²) < 4.78 is 5.56. The molecule has 0 spiro atoms. The number of benzene rings is 1. The quantitative estimate of drug-likeness (QED) is 0.810. The second-order valence-corrected chi connectivity index (χ2v) is 6.51. The zero-order valence-electron chi connectivity index (χ0n) is 14.1. The molecule has 1 aromatic carbocycles. The first-order valence-electron chi connectivity index (χ1n) is 8.71. The first-order valence-corrected chi connectivity index (χ1v) is 8.71. The number of carbonyl (C=O) groups is 1. The third-order valence-corrected chi connectivity index (χ3v) is 4.79. The number of amides is 1. The lowest BCUT2D eigenvalue weighted by Gasteiger charge is -2.32. The molecule has 1 atom stereocenters. The predicted molar refractivity (Wildman–Crippen MR) is 97.8 cm³/mol. The van der Waals surface area contributed by atoms with Gasteiger partial charge in [-0.3, -0.25) is 4.79 Å². The van der Waals surface area contributed by atoms with Crippen molar-refractivity contribution in [2.75, 3.05) is 39.3 Å². The monoisotopic (exact) mass is 353 g/mol. The van der Waals surface area contributed by atoms with Gasteiger partial charge in [0.05, 0.1) is 12.5 Å². The Morgan fingerprint density at radius 1 is 1.42 bits per heavy atom. The molecule has 0 aliphatic carbocycles. The van der Waals surface area contributed by atoms with E-state index >= 15 is 0 Å². The summed E-state index contributed by atoms with van der Waals surface area (Å²) in [6, 6.07) is 6.54. The SMILES string of the molecule is Cl.NCCNC(=O)C1CCCN(CCc2ccc3c(c2)CCO3)C1. The maximum atomic E-state index is 12.1. The number of hydrogen-bond acceptors (Lipinski definition) is 4. The molecule has 3 N–H and O–H groups in total. The van der Waals surface area contributed by atoms with E-state index in [1.165, 1.54) is 11.1 Å². The standard InChI is InChI=1S/C18H27N3O2.ClH/c19-7-8-20-18(22)16-2-1-9-21(13-16)10-5-14-3-4-17-15(12-14)6-11-23-17;/h3-4,12,16H,1-2,5-11,13,19H2,(H,20,22);1H. The zero-order chi connectivity index (χ0) is 16.1. The van der Waals surface area contributed by atoms with E-state index in [9.17, 15) is 4.79 Å². The molecule has 0 bridgehead atoms. The number of hydrogen-bond donors (Lipinski definition) is 2. The highest BCUT2D eigenvalue weighted by Crippen LogP contribution is 2.26. The molecule has 2 aliphatic heterocycles. The molecule has 2 aliphatic rings. The lowest BCUT2D eigenvalue weighted by molar-refractivity contribution is -0.126. The van der Waals surface area contributed by atoms with Gasteiger partial charge in [-0.15, -0.1) is 12.4 Å². The lowest BCUT2D eigenvalue weighted by atomic mass is 9.96. The molecule has 6 heteroatoms. The van der Waals surface area contributed by atoms with Gasteiger partial charge in [-0.2, -0.15) is 0 Å². The predicted octanol–water partition coefficient (Wildman–Crippen LogP) is 1.37. The van der Waals surface area contributed by atoms with Crippen LogP contribution in [-0.2, 0) is 17.6 Å². The average Bonchev–Trinajstić information content (AvgIpc) is 3.06. The van der Waals surface area contributed by atoms with E-state index in [1.807, 2.05) is 0 Å². The number of nitrogens with two attached hydrogens (primary N) is 1. The van der Waals surface area contributed by atoms with Crippen LogP contribution in [0.5, 0.6) is 5.75 Å². The molecule has 1 fully saturated rings. The number of ether oxygens (including phenoxy) is 1. The van der Waals surface area contributed by atoms with Gasteiger partial charge in [0.25, 0.3) is 0 Å². The van der Waals surface area contributed by atoms with E-state index in [-0.39, 0.29) is 24.2 Å². The van der Waals surface area contributed by atoms with E-state index < -0.39 is 0 Å². The minimum atomic E-state index is 0. The van der Waals surface area contributed by atoms with Crippen LogP contribution in [0.3, 0.4) is 0 Å². The number of carbonyl (C=O) groups excluding carboxylic acids is 1. The molecule has 3 rings (SSSR count). The Kier molecular flexibility index (Phi) is 7.34. The Morgan fingerprint density at radius 3 is 3.12 bits per heavy atom. The Morgan fingerprint density at radius 2 is 2.29 bits per heavy atom. The fourth-order valence-electron chi connectivity index (χ4n) is 3.49. The molecular weight excluding hydrogens is 326 g/mol. The number of halogens is 1. The highest BCUT2D eigenvalue weighted by atomic mass is 35.5. The van der Waals surface area contributed by atoms with E-state index in [0.29, 0.717) is 13.1 Å². The maximum Gasteiger partial charge on any atom is 0.224 e. The number of likely N-dealkylation sites (tertiary alicyclic amines) is 1. The molecule has 24 heavy (non-hydrogen) atoms. The van der Waals surface area contributed by atoms with E-state index in [0.717, 1.165) is 57.7 Å². The summed E-state index contributed by atoms with van der Waals surface area (Å²) in [6.45, 7) is 4.86. The highest BCUT2D eigenvalue weighted by Gasteiger charge is 2.25. The molecule has 0 radical (unpaired) electrons. The number of fused-ring (bicyclic) bond motifs is 1. The van der Waals surface area contributed by atoms with Crippen molar-refractivity contribution in [3.05, 3.63) is 29.3 Å². The molecule has 5 nitrogen and oxygen atoms in total. The van der Waals surface area contributed by atoms with Gasteiger partial charge in [-0.1, -0.05) is 12.1 Å². The lowest BCUT2D eigenvalue weighted by Crippen LogP contribution is -2.44. The van der Waals surface area contributed by atoms with E-state index in [4.69, 9.17) is 10.5 Å². The Bertz CT molecular complexity index is 553. The Balaban J connectivity index is 0.00000208. The molecule has 0 aromatic heterocycles. The summed E-state index contributed by atoms with van der Waals surface area (Å²) in [4.78, 5) is 14.5. The van der Waals surface area contributed by atoms with Gasteiger partial charge in [0.15, 0.2) is 0 Å². The number of piperidine rings is 1. The van der Waals surface area contributed by atoms with E-state index in [1.54, 1.807) is 0 Å². The van der Waals surface area contributed by atoms with Crippen LogP contribution in [0.1, 0.15) is 24.0 Å². The molecule has 1 unspecified atom stereocenters. The summed E-state index contributed by atoms with van der Waals surface area (Å²) in [5.74, 6) is 1.32. The van der Waals surface area contributed by atoms with Crippen LogP contribution in [0.15, 0.2) is 18.2 Å². The van der Waals surface area contributed by atoms with Crippen LogP contribution in [0.4, 0.5) is 0 Å². The summed E-state index contributed by atoms with van der Waals surface area (Å²) in [5, 5.41) is 2.92. The van der Waals surface area contributed by atoms with E-state index in [2.05, 4.69) is 28.4 Å². The number of nitrogens with zero attached hydrogens (tertiary/aromatic N) is 1. The molecule has 0 saturated carbocycles. The molecule has 1 saturated heterocycles. The molecule has 2 heterocycles. The van der Waals surface area contributed by atoms with Crippen molar-refractivity contribution < 1.29 is 9.53 Å². The van der Waals surface area contributed by atoms with Gasteiger partial charge in [0.1, 0.15) is 5.75 Å². The van der Waals surface area contributed by atoms with Crippen LogP contribution >= 0.6 is 12.4 Å². The van der Waals surface area contributed by atoms with Crippen LogP contribution in [0, 0.1) is 5.92 Å². The first-order chi connectivity index (χ1) is 11.3. The Labute approximate surface area is 150 Å². The van der Waals surface area contributed by atoms with Crippen molar-refractivity contribution in [1.82, 2.24) is 10.2 Å². The van der Waals surface area contributed by atoms with Gasteiger partial charge in [-0.05, 0) is 43.0 Å². The van der Waals surface area contributed by atoms with Gasteiger partial charge in [0, 0.05) is 32.6 Å². The van der Waals surface area contributed by atoms with Gasteiger partial charge >= 0.3 is 0 Å².